The maximum absolute atomic E-state index is 12.5. The molecule has 0 aromatic heterocycles. The Balaban J connectivity index is 1.87. The van der Waals surface area contributed by atoms with E-state index < -0.39 is 27.8 Å². The SMILES string of the molecule is CN(C)S(=O)(=O)c1ccccc1CNC(=O)NCCc1ccc(C(F)(F)F)cc1. The van der Waals surface area contributed by atoms with Crippen molar-refractivity contribution in [2.75, 3.05) is 20.6 Å². The highest BCUT2D eigenvalue weighted by atomic mass is 32.2. The van der Waals surface area contributed by atoms with E-state index in [-0.39, 0.29) is 18.0 Å². The van der Waals surface area contributed by atoms with Crippen LogP contribution in [0, 0.1) is 0 Å². The number of nitrogens with zero attached hydrogens (tertiary/aromatic N) is 1. The van der Waals surface area contributed by atoms with E-state index in [9.17, 15) is 26.4 Å². The number of carbonyl (C=O) groups excluding carboxylic acids is 1. The van der Waals surface area contributed by atoms with E-state index in [1.54, 1.807) is 18.2 Å². The molecule has 0 radical (unpaired) electrons. The molecule has 2 aromatic rings. The lowest BCUT2D eigenvalue weighted by Crippen LogP contribution is -2.36. The lowest BCUT2D eigenvalue weighted by atomic mass is 10.1. The molecule has 0 saturated heterocycles. The van der Waals surface area contributed by atoms with Gasteiger partial charge in [-0.1, -0.05) is 30.3 Å². The van der Waals surface area contributed by atoms with Crippen LogP contribution < -0.4 is 10.6 Å². The van der Waals surface area contributed by atoms with E-state index in [0.29, 0.717) is 17.5 Å². The Morgan fingerprint density at radius 3 is 2.21 bits per heavy atom. The monoisotopic (exact) mass is 429 g/mol. The predicted octanol–water partition coefficient (Wildman–Crippen LogP) is 3.00. The van der Waals surface area contributed by atoms with Gasteiger partial charge < -0.3 is 10.6 Å². The van der Waals surface area contributed by atoms with Gasteiger partial charge in [0, 0.05) is 27.2 Å². The average molecular weight is 429 g/mol. The summed E-state index contributed by atoms with van der Waals surface area (Å²) < 4.78 is 63.4. The predicted molar refractivity (Wildman–Crippen MR) is 103 cm³/mol. The summed E-state index contributed by atoms with van der Waals surface area (Å²) in [6, 6.07) is 10.6. The molecule has 10 heteroatoms. The van der Waals surface area contributed by atoms with Gasteiger partial charge in [-0.05, 0) is 35.7 Å². The molecular weight excluding hydrogens is 407 g/mol. The molecule has 0 atom stereocenters. The Bertz CT molecular complexity index is 943. The van der Waals surface area contributed by atoms with Crippen LogP contribution in [0.25, 0.3) is 0 Å². The van der Waals surface area contributed by atoms with Crippen molar-refractivity contribution in [1.82, 2.24) is 14.9 Å². The second-order valence-corrected chi connectivity index (χ2v) is 8.57. The summed E-state index contributed by atoms with van der Waals surface area (Å²) in [4.78, 5) is 12.1. The Morgan fingerprint density at radius 2 is 1.62 bits per heavy atom. The minimum atomic E-state index is -4.38. The second-order valence-electron chi connectivity index (χ2n) is 6.45. The zero-order valence-corrected chi connectivity index (χ0v) is 16.8. The molecule has 0 heterocycles. The normalized spacial score (nSPS) is 12.1. The molecule has 0 aliphatic rings. The Morgan fingerprint density at radius 1 is 1.00 bits per heavy atom. The van der Waals surface area contributed by atoms with Crippen molar-refractivity contribution in [3.8, 4) is 0 Å². The first-order valence-corrected chi connectivity index (χ1v) is 10.1. The standard InChI is InChI=1S/C19H22F3N3O3S/c1-25(2)29(27,28)17-6-4-3-5-15(17)13-24-18(26)23-12-11-14-7-9-16(10-8-14)19(20,21)22/h3-10H,11-13H2,1-2H3,(H2,23,24,26). The van der Waals surface area contributed by atoms with E-state index in [1.807, 2.05) is 0 Å². The van der Waals surface area contributed by atoms with E-state index in [2.05, 4.69) is 10.6 Å². The van der Waals surface area contributed by atoms with Crippen molar-refractivity contribution in [1.29, 1.82) is 0 Å². The number of sulfonamides is 1. The number of nitrogens with one attached hydrogen (secondary N) is 2. The van der Waals surface area contributed by atoms with Gasteiger partial charge in [-0.25, -0.2) is 17.5 Å². The quantitative estimate of drug-likeness (QED) is 0.710. The average Bonchev–Trinajstić information content (AvgIpc) is 2.66. The first-order valence-electron chi connectivity index (χ1n) is 8.70. The van der Waals surface area contributed by atoms with Gasteiger partial charge in [-0.15, -0.1) is 0 Å². The van der Waals surface area contributed by atoms with Crippen LogP contribution >= 0.6 is 0 Å². The summed E-state index contributed by atoms with van der Waals surface area (Å²) >= 11 is 0. The fraction of sp³-hybridized carbons (Fsp3) is 0.316. The Hall–Kier alpha value is -2.59. The first-order chi connectivity index (χ1) is 13.5. The highest BCUT2D eigenvalue weighted by Gasteiger charge is 2.29. The van der Waals surface area contributed by atoms with Crippen molar-refractivity contribution in [3.63, 3.8) is 0 Å². The minimum absolute atomic E-state index is 0.00928. The third-order valence-corrected chi connectivity index (χ3v) is 6.07. The maximum atomic E-state index is 12.5. The topological polar surface area (TPSA) is 78.5 Å². The molecule has 6 nitrogen and oxygen atoms in total. The maximum Gasteiger partial charge on any atom is 0.416 e. The molecule has 0 aliphatic heterocycles. The van der Waals surface area contributed by atoms with Crippen LogP contribution in [0.4, 0.5) is 18.0 Å². The number of carbonyl (C=O) groups is 1. The van der Waals surface area contributed by atoms with Crippen LogP contribution in [0.15, 0.2) is 53.4 Å². The fourth-order valence-electron chi connectivity index (χ4n) is 2.52. The van der Waals surface area contributed by atoms with Gasteiger partial charge >= 0.3 is 12.2 Å². The van der Waals surface area contributed by atoms with E-state index in [1.165, 1.54) is 32.3 Å². The molecular formula is C19H22F3N3O3S. The van der Waals surface area contributed by atoms with Crippen molar-refractivity contribution < 1.29 is 26.4 Å². The van der Waals surface area contributed by atoms with Gasteiger partial charge in [0.1, 0.15) is 0 Å². The molecule has 158 valence electrons. The van der Waals surface area contributed by atoms with Gasteiger partial charge in [-0.2, -0.15) is 13.2 Å². The first kappa shape index (κ1) is 22.7. The molecule has 29 heavy (non-hydrogen) atoms. The third kappa shape index (κ3) is 6.20. The Labute approximate surface area is 167 Å². The molecule has 0 spiro atoms. The number of halogens is 3. The van der Waals surface area contributed by atoms with Crippen LogP contribution in [0.3, 0.4) is 0 Å². The van der Waals surface area contributed by atoms with Crippen molar-refractivity contribution >= 4 is 16.1 Å². The molecule has 2 aromatic carbocycles. The summed E-state index contributed by atoms with van der Waals surface area (Å²) in [7, 11) is -0.793. The van der Waals surface area contributed by atoms with Crippen molar-refractivity contribution in [2.24, 2.45) is 0 Å². The van der Waals surface area contributed by atoms with Crippen LogP contribution in [-0.2, 0) is 29.2 Å². The molecule has 0 aliphatic carbocycles. The number of urea groups is 1. The molecule has 2 N–H and O–H groups in total. The number of rotatable bonds is 7. The van der Waals surface area contributed by atoms with Crippen LogP contribution in [-0.4, -0.2) is 39.4 Å². The number of hydrogen-bond acceptors (Lipinski definition) is 3. The van der Waals surface area contributed by atoms with Gasteiger partial charge in [0.2, 0.25) is 10.0 Å². The second kappa shape index (κ2) is 9.27. The van der Waals surface area contributed by atoms with E-state index >= 15 is 0 Å². The molecule has 0 saturated carbocycles. The highest BCUT2D eigenvalue weighted by Crippen LogP contribution is 2.29. The number of hydrogen-bond donors (Lipinski definition) is 2. The molecule has 0 bridgehead atoms. The number of benzene rings is 2. The molecule has 2 rings (SSSR count). The molecule has 0 fully saturated rings. The van der Waals surface area contributed by atoms with Crippen LogP contribution in [0.5, 0.6) is 0 Å². The number of alkyl halides is 3. The van der Waals surface area contributed by atoms with Gasteiger partial charge in [0.25, 0.3) is 0 Å². The van der Waals surface area contributed by atoms with Gasteiger partial charge in [0.15, 0.2) is 0 Å². The van der Waals surface area contributed by atoms with Crippen LogP contribution in [0.2, 0.25) is 0 Å². The van der Waals surface area contributed by atoms with Crippen molar-refractivity contribution in [3.05, 3.63) is 65.2 Å². The van der Waals surface area contributed by atoms with Gasteiger partial charge in [-0.3, -0.25) is 0 Å². The lowest BCUT2D eigenvalue weighted by molar-refractivity contribution is -0.137. The Kier molecular flexibility index (Phi) is 7.26. The zero-order chi connectivity index (χ0) is 21.7. The van der Waals surface area contributed by atoms with E-state index in [4.69, 9.17) is 0 Å². The largest absolute Gasteiger partial charge is 0.416 e. The summed E-state index contributed by atoms with van der Waals surface area (Å²) in [5.41, 5.74) is 0.373. The molecule has 0 unspecified atom stereocenters. The zero-order valence-electron chi connectivity index (χ0n) is 16.0. The fourth-order valence-corrected chi connectivity index (χ4v) is 3.63. The lowest BCUT2D eigenvalue weighted by Gasteiger charge is -2.15. The molecule has 2 amide bonds. The van der Waals surface area contributed by atoms with Gasteiger partial charge in [0.05, 0.1) is 10.5 Å². The summed E-state index contributed by atoms with van der Waals surface area (Å²) in [6.07, 6.45) is -4.02. The smallest absolute Gasteiger partial charge is 0.338 e. The van der Waals surface area contributed by atoms with Crippen LogP contribution in [0.1, 0.15) is 16.7 Å². The summed E-state index contributed by atoms with van der Waals surface area (Å²) in [5, 5.41) is 5.18. The minimum Gasteiger partial charge on any atom is -0.338 e. The third-order valence-electron chi connectivity index (χ3n) is 4.15. The highest BCUT2D eigenvalue weighted by molar-refractivity contribution is 7.89. The van der Waals surface area contributed by atoms with Crippen molar-refractivity contribution in [2.45, 2.75) is 24.0 Å². The summed E-state index contributed by atoms with van der Waals surface area (Å²) in [5.74, 6) is 0. The van der Waals surface area contributed by atoms with E-state index in [0.717, 1.165) is 16.4 Å². The number of amides is 2. The summed E-state index contributed by atoms with van der Waals surface area (Å²) in [6.45, 7) is 0.226.